The molecule has 0 saturated heterocycles. The van der Waals surface area contributed by atoms with Gasteiger partial charge in [0.05, 0.1) is 0 Å². The fourth-order valence-corrected chi connectivity index (χ4v) is 1.70. The molecule has 6 heteroatoms. The predicted molar refractivity (Wildman–Crippen MR) is 61.8 cm³/mol. The Kier molecular flexibility index (Phi) is 3.36. The molecule has 0 unspecified atom stereocenters. The molecule has 1 aliphatic heterocycles. The van der Waals surface area contributed by atoms with Crippen LogP contribution in [0.4, 0.5) is 0 Å². The summed E-state index contributed by atoms with van der Waals surface area (Å²) < 4.78 is 10.3. The minimum Gasteiger partial charge on any atom is -0.480 e. The van der Waals surface area contributed by atoms with Gasteiger partial charge in [-0.05, 0) is 25.1 Å². The van der Waals surface area contributed by atoms with Gasteiger partial charge in [0.2, 0.25) is 6.79 Å². The maximum atomic E-state index is 12.1. The molecular weight excluding hydrogens is 238 g/mol. The fraction of sp³-hybridized carbons (Fsp3) is 0.333. The Labute approximate surface area is 104 Å². The van der Waals surface area contributed by atoms with Gasteiger partial charge in [-0.25, -0.2) is 0 Å². The summed E-state index contributed by atoms with van der Waals surface area (Å²) in [6, 6.07) is 4.81. The predicted octanol–water partition coefficient (Wildman–Crippen LogP) is 0.962. The van der Waals surface area contributed by atoms with Crippen molar-refractivity contribution in [1.29, 1.82) is 0 Å². The normalized spacial score (nSPS) is 12.3. The molecule has 0 spiro atoms. The van der Waals surface area contributed by atoms with Gasteiger partial charge in [-0.2, -0.15) is 0 Å². The van der Waals surface area contributed by atoms with Gasteiger partial charge in [0.15, 0.2) is 11.5 Å². The molecule has 2 rings (SSSR count). The van der Waals surface area contributed by atoms with Gasteiger partial charge >= 0.3 is 5.97 Å². The van der Waals surface area contributed by atoms with Crippen molar-refractivity contribution in [3.05, 3.63) is 23.8 Å². The number of carbonyl (C=O) groups excluding carboxylic acids is 1. The lowest BCUT2D eigenvalue weighted by molar-refractivity contribution is -0.137. The first-order chi connectivity index (χ1) is 8.61. The van der Waals surface area contributed by atoms with E-state index < -0.39 is 5.97 Å². The Bertz CT molecular complexity index is 485. The molecule has 0 aliphatic carbocycles. The molecule has 1 N–H and O–H groups in total. The van der Waals surface area contributed by atoms with E-state index in [4.69, 9.17) is 14.6 Å². The van der Waals surface area contributed by atoms with Gasteiger partial charge in [-0.3, -0.25) is 9.59 Å². The highest BCUT2D eigenvalue weighted by Gasteiger charge is 2.20. The maximum absolute atomic E-state index is 12.1. The van der Waals surface area contributed by atoms with Crippen LogP contribution >= 0.6 is 0 Å². The Morgan fingerprint density at radius 2 is 2.06 bits per heavy atom. The van der Waals surface area contributed by atoms with Gasteiger partial charge in [-0.15, -0.1) is 0 Å². The molecule has 0 fully saturated rings. The van der Waals surface area contributed by atoms with E-state index in [0.717, 1.165) is 0 Å². The number of benzene rings is 1. The van der Waals surface area contributed by atoms with Gasteiger partial charge < -0.3 is 19.5 Å². The van der Waals surface area contributed by atoms with Crippen LogP contribution in [0.3, 0.4) is 0 Å². The van der Waals surface area contributed by atoms with Crippen LogP contribution in [-0.2, 0) is 4.79 Å². The average Bonchev–Trinajstić information content (AvgIpc) is 2.81. The summed E-state index contributed by atoms with van der Waals surface area (Å²) in [6.07, 6.45) is 0. The van der Waals surface area contributed by atoms with Gasteiger partial charge in [0.1, 0.15) is 6.54 Å². The van der Waals surface area contributed by atoms with Crippen LogP contribution in [0.15, 0.2) is 18.2 Å². The number of rotatable bonds is 4. The van der Waals surface area contributed by atoms with Crippen LogP contribution in [0.25, 0.3) is 0 Å². The highest BCUT2D eigenvalue weighted by Crippen LogP contribution is 2.32. The van der Waals surface area contributed by atoms with Gasteiger partial charge in [-0.1, -0.05) is 0 Å². The molecule has 6 nitrogen and oxygen atoms in total. The number of fused-ring (bicyclic) bond motifs is 1. The van der Waals surface area contributed by atoms with E-state index in [1.807, 2.05) is 0 Å². The molecule has 1 amide bonds. The zero-order valence-electron chi connectivity index (χ0n) is 9.88. The van der Waals surface area contributed by atoms with Crippen LogP contribution in [0.5, 0.6) is 11.5 Å². The lowest BCUT2D eigenvalue weighted by Gasteiger charge is -2.18. The van der Waals surface area contributed by atoms with E-state index in [0.29, 0.717) is 23.6 Å². The Hall–Kier alpha value is -2.24. The van der Waals surface area contributed by atoms with Crippen molar-refractivity contribution in [2.75, 3.05) is 19.9 Å². The van der Waals surface area contributed by atoms with Crippen molar-refractivity contribution in [2.45, 2.75) is 6.92 Å². The van der Waals surface area contributed by atoms with E-state index >= 15 is 0 Å². The summed E-state index contributed by atoms with van der Waals surface area (Å²) in [5, 5.41) is 8.73. The zero-order valence-corrected chi connectivity index (χ0v) is 9.88. The van der Waals surface area contributed by atoms with Crippen LogP contribution in [0, 0.1) is 0 Å². The summed E-state index contributed by atoms with van der Waals surface area (Å²) in [4.78, 5) is 24.0. The second kappa shape index (κ2) is 4.95. The molecule has 0 atom stereocenters. The molecule has 1 aromatic rings. The summed E-state index contributed by atoms with van der Waals surface area (Å²) >= 11 is 0. The number of hydrogen-bond acceptors (Lipinski definition) is 4. The van der Waals surface area contributed by atoms with E-state index in [-0.39, 0.29) is 19.2 Å². The molecule has 1 heterocycles. The van der Waals surface area contributed by atoms with Crippen molar-refractivity contribution < 1.29 is 24.2 Å². The minimum absolute atomic E-state index is 0.138. The van der Waals surface area contributed by atoms with E-state index in [9.17, 15) is 9.59 Å². The van der Waals surface area contributed by atoms with Crippen LogP contribution in [0.2, 0.25) is 0 Å². The highest BCUT2D eigenvalue weighted by atomic mass is 16.7. The van der Waals surface area contributed by atoms with E-state index in [2.05, 4.69) is 0 Å². The number of carboxylic acids is 1. The average molecular weight is 251 g/mol. The molecule has 0 bridgehead atoms. The molecule has 1 aliphatic rings. The molecule has 18 heavy (non-hydrogen) atoms. The molecule has 0 radical (unpaired) electrons. The summed E-state index contributed by atoms with van der Waals surface area (Å²) in [6.45, 7) is 1.89. The van der Waals surface area contributed by atoms with Crippen molar-refractivity contribution in [2.24, 2.45) is 0 Å². The standard InChI is InChI=1S/C12H13NO5/c1-2-13(6-11(14)15)12(16)8-3-4-9-10(5-8)18-7-17-9/h3-5H,2,6-7H2,1H3,(H,14,15). The highest BCUT2D eigenvalue weighted by molar-refractivity contribution is 5.96. The number of aliphatic carboxylic acids is 1. The first-order valence-electron chi connectivity index (χ1n) is 5.52. The van der Waals surface area contributed by atoms with E-state index in [1.165, 1.54) is 4.90 Å². The largest absolute Gasteiger partial charge is 0.480 e. The molecule has 0 saturated carbocycles. The summed E-state index contributed by atoms with van der Waals surface area (Å²) in [7, 11) is 0. The molecular formula is C12H13NO5. The third-order valence-electron chi connectivity index (χ3n) is 2.61. The number of carboxylic acid groups (broad SMARTS) is 1. The SMILES string of the molecule is CCN(CC(=O)O)C(=O)c1ccc2c(c1)OCO2. The first-order valence-corrected chi connectivity index (χ1v) is 5.52. The fourth-order valence-electron chi connectivity index (χ4n) is 1.70. The lowest BCUT2D eigenvalue weighted by Crippen LogP contribution is -2.35. The number of amides is 1. The summed E-state index contributed by atoms with van der Waals surface area (Å²) in [5.41, 5.74) is 0.391. The number of nitrogens with zero attached hydrogens (tertiary/aromatic N) is 1. The molecule has 1 aromatic carbocycles. The zero-order chi connectivity index (χ0) is 13.1. The van der Waals surface area contributed by atoms with Gasteiger partial charge in [0.25, 0.3) is 5.91 Å². The monoisotopic (exact) mass is 251 g/mol. The number of ether oxygens (including phenoxy) is 2. The number of hydrogen-bond donors (Lipinski definition) is 1. The quantitative estimate of drug-likeness (QED) is 0.862. The van der Waals surface area contributed by atoms with Crippen molar-refractivity contribution >= 4 is 11.9 Å². The Morgan fingerprint density at radius 1 is 1.33 bits per heavy atom. The minimum atomic E-state index is -1.04. The van der Waals surface area contributed by atoms with Gasteiger partial charge in [0, 0.05) is 12.1 Å². The van der Waals surface area contributed by atoms with E-state index in [1.54, 1.807) is 25.1 Å². The topological polar surface area (TPSA) is 76.1 Å². The first kappa shape index (κ1) is 12.2. The number of carbonyl (C=O) groups is 2. The smallest absolute Gasteiger partial charge is 0.323 e. The van der Waals surface area contributed by atoms with Crippen molar-refractivity contribution in [3.63, 3.8) is 0 Å². The van der Waals surface area contributed by atoms with Crippen LogP contribution in [-0.4, -0.2) is 41.8 Å². The Balaban J connectivity index is 2.19. The molecule has 96 valence electrons. The van der Waals surface area contributed by atoms with Crippen molar-refractivity contribution in [1.82, 2.24) is 4.90 Å². The third-order valence-corrected chi connectivity index (χ3v) is 2.61. The second-order valence-electron chi connectivity index (χ2n) is 3.78. The lowest BCUT2D eigenvalue weighted by atomic mass is 10.1. The van der Waals surface area contributed by atoms with Crippen LogP contribution in [0.1, 0.15) is 17.3 Å². The third kappa shape index (κ3) is 2.37. The maximum Gasteiger partial charge on any atom is 0.323 e. The van der Waals surface area contributed by atoms with Crippen molar-refractivity contribution in [3.8, 4) is 11.5 Å². The molecule has 0 aromatic heterocycles. The second-order valence-corrected chi connectivity index (χ2v) is 3.78. The van der Waals surface area contributed by atoms with Crippen LogP contribution < -0.4 is 9.47 Å². The number of likely N-dealkylation sites (N-methyl/N-ethyl adjacent to an activating group) is 1. The Morgan fingerprint density at radius 3 is 2.72 bits per heavy atom. The summed E-state index contributed by atoms with van der Waals surface area (Å²) in [5.74, 6) is -0.274.